The van der Waals surface area contributed by atoms with E-state index < -0.39 is 8.32 Å². The summed E-state index contributed by atoms with van der Waals surface area (Å²) in [5, 5.41) is 0. The lowest BCUT2D eigenvalue weighted by molar-refractivity contribution is 0.524. The van der Waals surface area contributed by atoms with Gasteiger partial charge in [0.15, 0.2) is 8.32 Å². The van der Waals surface area contributed by atoms with E-state index in [4.69, 9.17) is 0 Å². The third-order valence-electron chi connectivity index (χ3n) is 2.90. The van der Waals surface area contributed by atoms with Crippen molar-refractivity contribution in [2.24, 2.45) is 0 Å². The summed E-state index contributed by atoms with van der Waals surface area (Å²) in [5.74, 6) is 0.486. The van der Waals surface area contributed by atoms with E-state index in [-0.39, 0.29) is 0 Å². The Labute approximate surface area is 94.3 Å². The third kappa shape index (κ3) is 4.18. The summed E-state index contributed by atoms with van der Waals surface area (Å²) in [7, 11) is -1.95. The van der Waals surface area contributed by atoms with Crippen molar-refractivity contribution in [2.45, 2.75) is 44.8 Å². The summed E-state index contributed by atoms with van der Waals surface area (Å²) in [4.78, 5) is 10.3. The van der Waals surface area contributed by atoms with Crippen molar-refractivity contribution in [2.75, 3.05) is 0 Å². The topological polar surface area (TPSA) is 20.2 Å². The molecule has 0 aliphatic heterocycles. The van der Waals surface area contributed by atoms with Crippen LogP contribution in [-0.4, -0.2) is 13.1 Å². The average molecular weight is 222 g/mol. The third-order valence-corrected chi connectivity index (χ3v) is 5.97. The molecule has 1 aromatic rings. The van der Waals surface area contributed by atoms with Gasteiger partial charge in [0.25, 0.3) is 0 Å². The summed E-state index contributed by atoms with van der Waals surface area (Å²) >= 11 is 0. The normalized spacial score (nSPS) is 17.1. The van der Waals surface area contributed by atoms with Crippen molar-refractivity contribution in [3.63, 3.8) is 0 Å². The highest BCUT2D eigenvalue weighted by molar-refractivity contribution is 6.71. The summed E-state index contributed by atoms with van der Waals surface area (Å²) in [6.45, 7) is 6.44. The molecule has 2 atom stereocenters. The van der Waals surface area contributed by atoms with E-state index in [1.54, 1.807) is 0 Å². The van der Waals surface area contributed by atoms with Gasteiger partial charge in [0, 0.05) is 0 Å². The Morgan fingerprint density at radius 3 is 2.40 bits per heavy atom. The van der Waals surface area contributed by atoms with Crippen molar-refractivity contribution < 1.29 is 4.80 Å². The van der Waals surface area contributed by atoms with Gasteiger partial charge in [-0.2, -0.15) is 0 Å². The van der Waals surface area contributed by atoms with Gasteiger partial charge < -0.3 is 4.80 Å². The maximum Gasteiger partial charge on any atom is 0.186 e. The lowest BCUT2D eigenvalue weighted by Gasteiger charge is -2.23. The molecule has 0 radical (unpaired) electrons. The fourth-order valence-corrected chi connectivity index (χ4v) is 5.04. The first-order chi connectivity index (χ1) is 7.05. The van der Waals surface area contributed by atoms with Gasteiger partial charge in [-0.15, -0.1) is 0 Å². The molecule has 84 valence electrons. The quantitative estimate of drug-likeness (QED) is 0.752. The Morgan fingerprint density at radius 1 is 1.27 bits per heavy atom. The van der Waals surface area contributed by atoms with Gasteiger partial charge in [0.2, 0.25) is 0 Å². The molecule has 1 aromatic carbocycles. The number of benzene rings is 1. The van der Waals surface area contributed by atoms with E-state index >= 15 is 0 Å². The summed E-state index contributed by atoms with van der Waals surface area (Å²) in [6, 6.07) is 12.5. The lowest BCUT2D eigenvalue weighted by Crippen LogP contribution is -2.31. The Balaban J connectivity index is 2.59. The van der Waals surface area contributed by atoms with Crippen LogP contribution in [0, 0.1) is 0 Å². The van der Waals surface area contributed by atoms with E-state index in [9.17, 15) is 4.80 Å². The van der Waals surface area contributed by atoms with E-state index in [2.05, 4.69) is 44.7 Å². The molecule has 0 bridgehead atoms. The van der Waals surface area contributed by atoms with Gasteiger partial charge in [0.05, 0.1) is 0 Å². The second-order valence-electron chi connectivity index (χ2n) is 4.76. The number of rotatable bonds is 5. The molecule has 0 spiro atoms. The molecule has 0 heterocycles. The number of hydrogen-bond donors (Lipinski definition) is 1. The summed E-state index contributed by atoms with van der Waals surface area (Å²) in [6.07, 6.45) is 1.10. The van der Waals surface area contributed by atoms with E-state index in [0.29, 0.717) is 5.92 Å². The van der Waals surface area contributed by atoms with Gasteiger partial charge in [0.1, 0.15) is 0 Å². The Morgan fingerprint density at radius 2 is 1.87 bits per heavy atom. The van der Waals surface area contributed by atoms with Crippen LogP contribution in [0.1, 0.15) is 31.7 Å². The van der Waals surface area contributed by atoms with Gasteiger partial charge in [-0.25, -0.2) is 0 Å². The van der Waals surface area contributed by atoms with Crippen LogP contribution in [0.4, 0.5) is 0 Å². The summed E-state index contributed by atoms with van der Waals surface area (Å²) in [5.41, 5.74) is 1.35. The van der Waals surface area contributed by atoms with Gasteiger partial charge in [-0.3, -0.25) is 0 Å². The van der Waals surface area contributed by atoms with Crippen LogP contribution >= 0.6 is 0 Å². The van der Waals surface area contributed by atoms with E-state index in [1.807, 2.05) is 6.07 Å². The second kappa shape index (κ2) is 5.47. The standard InChI is InChI=1S/C13H22OSi/c1-4-10-15(3,14)11-12(2)13-8-6-5-7-9-13/h5-9,12,14H,4,10-11H2,1-3H3. The average Bonchev–Trinajstić information content (AvgIpc) is 2.18. The van der Waals surface area contributed by atoms with Gasteiger partial charge in [-0.1, -0.05) is 50.6 Å². The van der Waals surface area contributed by atoms with Crippen molar-refractivity contribution in [1.29, 1.82) is 0 Å². The molecule has 0 aromatic heterocycles. The second-order valence-corrected chi connectivity index (χ2v) is 8.66. The predicted octanol–water partition coefficient (Wildman–Crippen LogP) is 3.77. The fourth-order valence-electron chi connectivity index (χ4n) is 2.20. The summed E-state index contributed by atoms with van der Waals surface area (Å²) < 4.78 is 0. The highest BCUT2D eigenvalue weighted by atomic mass is 28.4. The zero-order chi connectivity index (χ0) is 11.3. The lowest BCUT2D eigenvalue weighted by atomic mass is 10.0. The maximum absolute atomic E-state index is 10.3. The molecule has 0 fully saturated rings. The molecule has 1 nitrogen and oxygen atoms in total. The van der Waals surface area contributed by atoms with Crippen LogP contribution in [0.3, 0.4) is 0 Å². The molecule has 1 rings (SSSR count). The maximum atomic E-state index is 10.3. The molecule has 15 heavy (non-hydrogen) atoms. The molecule has 2 heteroatoms. The Bertz CT molecular complexity index is 282. The van der Waals surface area contributed by atoms with Crippen LogP contribution in [0.2, 0.25) is 18.6 Å². The van der Waals surface area contributed by atoms with Crippen LogP contribution in [-0.2, 0) is 0 Å². The molecule has 0 saturated heterocycles. The van der Waals surface area contributed by atoms with Crippen LogP contribution in [0.25, 0.3) is 0 Å². The zero-order valence-electron chi connectivity index (χ0n) is 10.0. The molecular formula is C13H22OSi. The monoisotopic (exact) mass is 222 g/mol. The Kier molecular flexibility index (Phi) is 4.55. The van der Waals surface area contributed by atoms with Crippen molar-refractivity contribution in [1.82, 2.24) is 0 Å². The van der Waals surface area contributed by atoms with E-state index in [1.165, 1.54) is 5.56 Å². The molecule has 1 N–H and O–H groups in total. The molecule has 0 aliphatic carbocycles. The SMILES string of the molecule is CCC[Si](C)(O)CC(C)c1ccccc1. The highest BCUT2D eigenvalue weighted by Gasteiger charge is 2.26. The minimum atomic E-state index is -1.95. The van der Waals surface area contributed by atoms with Crippen molar-refractivity contribution in [3.05, 3.63) is 35.9 Å². The minimum Gasteiger partial charge on any atom is -0.432 e. The van der Waals surface area contributed by atoms with Crippen molar-refractivity contribution in [3.8, 4) is 0 Å². The first-order valence-electron chi connectivity index (χ1n) is 5.82. The molecule has 0 aliphatic rings. The highest BCUT2D eigenvalue weighted by Crippen LogP contribution is 2.27. The first-order valence-corrected chi connectivity index (χ1v) is 8.68. The minimum absolute atomic E-state index is 0.486. The van der Waals surface area contributed by atoms with E-state index in [0.717, 1.165) is 18.5 Å². The van der Waals surface area contributed by atoms with Crippen molar-refractivity contribution >= 4 is 8.32 Å². The van der Waals surface area contributed by atoms with Gasteiger partial charge in [-0.05, 0) is 30.1 Å². The molecule has 0 saturated carbocycles. The largest absolute Gasteiger partial charge is 0.432 e. The molecule has 2 unspecified atom stereocenters. The van der Waals surface area contributed by atoms with Crippen LogP contribution in [0.5, 0.6) is 0 Å². The van der Waals surface area contributed by atoms with Crippen LogP contribution in [0.15, 0.2) is 30.3 Å². The van der Waals surface area contributed by atoms with Gasteiger partial charge >= 0.3 is 0 Å². The molecular weight excluding hydrogens is 200 g/mol. The Hall–Kier alpha value is -0.603. The fraction of sp³-hybridized carbons (Fsp3) is 0.538. The van der Waals surface area contributed by atoms with Crippen LogP contribution < -0.4 is 0 Å². The molecule has 0 amide bonds. The smallest absolute Gasteiger partial charge is 0.186 e. The zero-order valence-corrected chi connectivity index (χ0v) is 11.0. The first kappa shape index (κ1) is 12.5. The predicted molar refractivity (Wildman–Crippen MR) is 68.6 cm³/mol. The number of hydrogen-bond acceptors (Lipinski definition) is 1.